The molecule has 0 radical (unpaired) electrons. The Morgan fingerprint density at radius 1 is 1.24 bits per heavy atom. The first-order chi connectivity index (χ1) is 9.79. The van der Waals surface area contributed by atoms with E-state index in [-0.39, 0.29) is 5.91 Å². The molecule has 0 saturated carbocycles. The second-order valence-electron chi connectivity index (χ2n) is 7.36. The summed E-state index contributed by atoms with van der Waals surface area (Å²) in [6.45, 7) is 10.6. The van der Waals surface area contributed by atoms with Crippen LogP contribution in [0.1, 0.15) is 56.0 Å². The van der Waals surface area contributed by atoms with Crippen LogP contribution < -0.4 is 5.73 Å². The molecule has 116 valence electrons. The maximum Gasteiger partial charge on any atom is 0.254 e. The van der Waals surface area contributed by atoms with Crippen molar-refractivity contribution in [1.82, 2.24) is 4.90 Å². The van der Waals surface area contributed by atoms with Crippen LogP contribution in [0.3, 0.4) is 0 Å². The van der Waals surface area contributed by atoms with Crippen molar-refractivity contribution < 1.29 is 4.79 Å². The van der Waals surface area contributed by atoms with E-state index in [0.717, 1.165) is 37.1 Å². The maximum atomic E-state index is 12.8. The molecule has 3 nitrogen and oxygen atoms in total. The summed E-state index contributed by atoms with van der Waals surface area (Å²) < 4.78 is 0. The van der Waals surface area contributed by atoms with Crippen LogP contribution >= 0.6 is 0 Å². The lowest BCUT2D eigenvalue weighted by Crippen LogP contribution is -2.33. The van der Waals surface area contributed by atoms with Crippen molar-refractivity contribution in [3.05, 3.63) is 29.3 Å². The molecule has 1 aliphatic heterocycles. The number of hydrogen-bond donors (Lipinski definition) is 1. The Balaban J connectivity index is 2.12. The highest BCUT2D eigenvalue weighted by atomic mass is 16.2. The average molecular weight is 288 g/mol. The van der Waals surface area contributed by atoms with Crippen molar-refractivity contribution in [3.8, 4) is 0 Å². The Morgan fingerprint density at radius 3 is 2.62 bits per heavy atom. The average Bonchev–Trinajstić information content (AvgIpc) is 2.66. The molecule has 1 amide bonds. The third-order valence-corrected chi connectivity index (χ3v) is 4.73. The van der Waals surface area contributed by atoms with Crippen LogP contribution in [0.25, 0.3) is 0 Å². The smallest absolute Gasteiger partial charge is 0.254 e. The number of carbonyl (C=O) groups is 1. The Hall–Kier alpha value is -1.51. The van der Waals surface area contributed by atoms with Crippen molar-refractivity contribution in [2.24, 2.45) is 11.3 Å². The number of hydrogen-bond acceptors (Lipinski definition) is 2. The molecule has 1 aromatic carbocycles. The summed E-state index contributed by atoms with van der Waals surface area (Å²) in [4.78, 5) is 14.8. The number of carbonyl (C=O) groups excluding carboxylic acids is 1. The SMILES string of the molecule is Cc1ccc(N)cc1C(=O)N1CCCC(C(C)(C)C)CC1. The topological polar surface area (TPSA) is 46.3 Å². The first kappa shape index (κ1) is 15.9. The van der Waals surface area contributed by atoms with Crippen molar-refractivity contribution in [3.63, 3.8) is 0 Å². The molecule has 1 aliphatic rings. The number of rotatable bonds is 1. The van der Waals surface area contributed by atoms with Gasteiger partial charge >= 0.3 is 0 Å². The number of nitrogen functional groups attached to an aromatic ring is 1. The van der Waals surface area contributed by atoms with Crippen LogP contribution in [0.4, 0.5) is 5.69 Å². The van der Waals surface area contributed by atoms with E-state index in [1.165, 1.54) is 6.42 Å². The molecular formula is C18H28N2O. The van der Waals surface area contributed by atoms with Gasteiger partial charge in [-0.2, -0.15) is 0 Å². The van der Waals surface area contributed by atoms with E-state index in [1.807, 2.05) is 30.0 Å². The summed E-state index contributed by atoms with van der Waals surface area (Å²) in [6, 6.07) is 5.59. The van der Waals surface area contributed by atoms with E-state index in [0.29, 0.717) is 17.0 Å². The molecule has 1 saturated heterocycles. The Labute approximate surface area is 128 Å². The summed E-state index contributed by atoms with van der Waals surface area (Å²) in [5.41, 5.74) is 8.58. The number of aryl methyl sites for hydroxylation is 1. The standard InChI is InChI=1S/C18H28N2O/c1-13-7-8-15(19)12-16(13)17(21)20-10-5-6-14(9-11-20)18(2,3)4/h7-8,12,14H,5-6,9-11,19H2,1-4H3. The fourth-order valence-electron chi connectivity index (χ4n) is 3.21. The monoisotopic (exact) mass is 288 g/mol. The van der Waals surface area contributed by atoms with E-state index in [9.17, 15) is 4.79 Å². The summed E-state index contributed by atoms with van der Waals surface area (Å²) in [6.07, 6.45) is 3.40. The number of benzene rings is 1. The quantitative estimate of drug-likeness (QED) is 0.797. The Kier molecular flexibility index (Phi) is 4.60. The third kappa shape index (κ3) is 3.78. The van der Waals surface area contributed by atoms with Gasteiger partial charge < -0.3 is 10.6 Å². The highest BCUT2D eigenvalue weighted by Crippen LogP contribution is 2.34. The van der Waals surface area contributed by atoms with Gasteiger partial charge in [-0.1, -0.05) is 26.8 Å². The van der Waals surface area contributed by atoms with Crippen molar-refractivity contribution in [2.75, 3.05) is 18.8 Å². The second kappa shape index (κ2) is 6.08. The molecule has 0 aliphatic carbocycles. The van der Waals surface area contributed by atoms with E-state index < -0.39 is 0 Å². The highest BCUT2D eigenvalue weighted by Gasteiger charge is 2.29. The van der Waals surface area contributed by atoms with Crippen LogP contribution in [0.15, 0.2) is 18.2 Å². The molecule has 1 fully saturated rings. The fourth-order valence-corrected chi connectivity index (χ4v) is 3.21. The minimum Gasteiger partial charge on any atom is -0.399 e. The predicted octanol–water partition coefficient (Wildman–Crippen LogP) is 3.87. The molecule has 21 heavy (non-hydrogen) atoms. The lowest BCUT2D eigenvalue weighted by molar-refractivity contribution is 0.0755. The van der Waals surface area contributed by atoms with Crippen molar-refractivity contribution in [2.45, 2.75) is 47.0 Å². The minimum absolute atomic E-state index is 0.134. The summed E-state index contributed by atoms with van der Waals surface area (Å²) >= 11 is 0. The van der Waals surface area contributed by atoms with Gasteiger partial charge in [-0.05, 0) is 55.2 Å². The molecule has 0 aromatic heterocycles. The van der Waals surface area contributed by atoms with Gasteiger partial charge in [0.2, 0.25) is 0 Å². The van der Waals surface area contributed by atoms with Gasteiger partial charge in [0.05, 0.1) is 0 Å². The molecule has 0 bridgehead atoms. The fraction of sp³-hybridized carbons (Fsp3) is 0.611. The minimum atomic E-state index is 0.134. The molecule has 2 rings (SSSR count). The molecule has 3 heteroatoms. The zero-order valence-corrected chi connectivity index (χ0v) is 13.8. The lowest BCUT2D eigenvalue weighted by atomic mass is 9.77. The van der Waals surface area contributed by atoms with E-state index >= 15 is 0 Å². The van der Waals surface area contributed by atoms with Crippen LogP contribution in [0, 0.1) is 18.3 Å². The van der Waals surface area contributed by atoms with Gasteiger partial charge in [-0.15, -0.1) is 0 Å². The van der Waals surface area contributed by atoms with Gasteiger partial charge in [0.1, 0.15) is 0 Å². The molecule has 1 atom stereocenters. The molecule has 2 N–H and O–H groups in total. The molecular weight excluding hydrogens is 260 g/mol. The normalized spacial score (nSPS) is 20.2. The second-order valence-corrected chi connectivity index (χ2v) is 7.36. The van der Waals surface area contributed by atoms with Gasteiger partial charge in [-0.3, -0.25) is 4.79 Å². The summed E-state index contributed by atoms with van der Waals surface area (Å²) in [7, 11) is 0. The van der Waals surface area contributed by atoms with E-state index in [4.69, 9.17) is 5.73 Å². The van der Waals surface area contributed by atoms with Crippen LogP contribution in [0.2, 0.25) is 0 Å². The Morgan fingerprint density at radius 2 is 1.95 bits per heavy atom. The van der Waals surface area contributed by atoms with E-state index in [2.05, 4.69) is 20.8 Å². The zero-order chi connectivity index (χ0) is 15.6. The molecule has 1 heterocycles. The molecule has 0 spiro atoms. The first-order valence-corrected chi connectivity index (χ1v) is 7.94. The number of amides is 1. The first-order valence-electron chi connectivity index (χ1n) is 7.94. The van der Waals surface area contributed by atoms with Gasteiger partial charge in [0.15, 0.2) is 0 Å². The zero-order valence-electron chi connectivity index (χ0n) is 13.8. The maximum absolute atomic E-state index is 12.8. The number of nitrogens with zero attached hydrogens (tertiary/aromatic N) is 1. The lowest BCUT2D eigenvalue weighted by Gasteiger charge is -2.29. The largest absolute Gasteiger partial charge is 0.399 e. The number of nitrogens with two attached hydrogens (primary N) is 1. The van der Waals surface area contributed by atoms with Gasteiger partial charge in [-0.25, -0.2) is 0 Å². The van der Waals surface area contributed by atoms with Crippen LogP contribution in [0.5, 0.6) is 0 Å². The van der Waals surface area contributed by atoms with Crippen LogP contribution in [-0.2, 0) is 0 Å². The molecule has 1 aromatic rings. The summed E-state index contributed by atoms with van der Waals surface area (Å²) in [5.74, 6) is 0.826. The predicted molar refractivity (Wildman–Crippen MR) is 88.3 cm³/mol. The highest BCUT2D eigenvalue weighted by molar-refractivity contribution is 5.96. The van der Waals surface area contributed by atoms with E-state index in [1.54, 1.807) is 0 Å². The Bertz CT molecular complexity index is 516. The van der Waals surface area contributed by atoms with Crippen LogP contribution in [-0.4, -0.2) is 23.9 Å². The molecule has 1 unspecified atom stereocenters. The number of likely N-dealkylation sites (tertiary alicyclic amines) is 1. The van der Waals surface area contributed by atoms with Crippen molar-refractivity contribution in [1.29, 1.82) is 0 Å². The van der Waals surface area contributed by atoms with Gasteiger partial charge in [0, 0.05) is 24.3 Å². The summed E-state index contributed by atoms with van der Waals surface area (Å²) in [5, 5.41) is 0. The van der Waals surface area contributed by atoms with Gasteiger partial charge in [0.25, 0.3) is 5.91 Å². The number of anilines is 1. The third-order valence-electron chi connectivity index (χ3n) is 4.73. The van der Waals surface area contributed by atoms with Crippen molar-refractivity contribution >= 4 is 11.6 Å².